The van der Waals surface area contributed by atoms with E-state index in [1.54, 1.807) is 17.4 Å². The molecule has 5 heteroatoms. The number of rotatable bonds is 1. The number of fused-ring (bicyclic) bond motifs is 1. The van der Waals surface area contributed by atoms with Crippen LogP contribution in [0.15, 0.2) is 23.6 Å². The lowest BCUT2D eigenvalue weighted by Gasteiger charge is -2.29. The van der Waals surface area contributed by atoms with Gasteiger partial charge in [-0.1, -0.05) is 0 Å². The van der Waals surface area contributed by atoms with Gasteiger partial charge in [-0.25, -0.2) is 9.37 Å². The van der Waals surface area contributed by atoms with E-state index < -0.39 is 0 Å². The van der Waals surface area contributed by atoms with E-state index >= 15 is 0 Å². The number of thiazole rings is 1. The van der Waals surface area contributed by atoms with E-state index in [4.69, 9.17) is 10.5 Å². The lowest BCUT2D eigenvalue weighted by Crippen LogP contribution is -2.24. The molecule has 0 bridgehead atoms. The highest BCUT2D eigenvalue weighted by atomic mass is 32.1. The Morgan fingerprint density at radius 1 is 1.50 bits per heavy atom. The Morgan fingerprint density at radius 2 is 2.33 bits per heavy atom. The van der Waals surface area contributed by atoms with Crippen molar-refractivity contribution >= 4 is 11.3 Å². The Bertz CT molecular complexity index is 584. The Morgan fingerprint density at radius 3 is 3.06 bits per heavy atom. The third kappa shape index (κ3) is 2.00. The molecule has 1 aliphatic rings. The molecule has 3 rings (SSSR count). The first kappa shape index (κ1) is 11.6. The fraction of sp³-hybridized carbons (Fsp3) is 0.308. The van der Waals surface area contributed by atoms with Gasteiger partial charge in [0, 0.05) is 23.4 Å². The maximum Gasteiger partial charge on any atom is 0.143 e. The molecule has 0 saturated heterocycles. The van der Waals surface area contributed by atoms with Gasteiger partial charge in [0.2, 0.25) is 0 Å². The van der Waals surface area contributed by atoms with Crippen LogP contribution >= 0.6 is 11.3 Å². The van der Waals surface area contributed by atoms with Gasteiger partial charge in [0.25, 0.3) is 0 Å². The van der Waals surface area contributed by atoms with Crippen LogP contribution in [0.3, 0.4) is 0 Å². The molecule has 18 heavy (non-hydrogen) atoms. The molecule has 0 amide bonds. The van der Waals surface area contributed by atoms with Gasteiger partial charge in [-0.15, -0.1) is 11.3 Å². The van der Waals surface area contributed by atoms with E-state index in [9.17, 15) is 4.39 Å². The Hall–Kier alpha value is -1.46. The van der Waals surface area contributed by atoms with Crippen LogP contribution in [0.5, 0.6) is 5.75 Å². The molecule has 2 N–H and O–H groups in total. The zero-order chi connectivity index (χ0) is 12.7. The summed E-state index contributed by atoms with van der Waals surface area (Å²) < 4.78 is 19.0. The Labute approximate surface area is 108 Å². The summed E-state index contributed by atoms with van der Waals surface area (Å²) in [6, 6.07) is 4.26. The Balaban J connectivity index is 1.94. The zero-order valence-electron chi connectivity index (χ0n) is 9.89. The number of hydrogen-bond acceptors (Lipinski definition) is 4. The average Bonchev–Trinajstić information content (AvgIpc) is 2.77. The topological polar surface area (TPSA) is 48.1 Å². The third-order valence-electron chi connectivity index (χ3n) is 3.08. The number of halogens is 1. The molecule has 94 valence electrons. The zero-order valence-corrected chi connectivity index (χ0v) is 10.7. The van der Waals surface area contributed by atoms with Crippen molar-refractivity contribution in [2.45, 2.75) is 25.5 Å². The molecule has 1 aliphatic heterocycles. The van der Waals surface area contributed by atoms with Gasteiger partial charge in [0.1, 0.15) is 17.7 Å². The molecular formula is C13H13FN2OS. The van der Waals surface area contributed by atoms with Gasteiger partial charge in [0.05, 0.1) is 10.7 Å². The summed E-state index contributed by atoms with van der Waals surface area (Å²) in [6.45, 7) is 1.96. The van der Waals surface area contributed by atoms with Gasteiger partial charge in [0.15, 0.2) is 0 Å². The Kier molecular flexibility index (Phi) is 2.80. The number of aromatic nitrogens is 1. The largest absolute Gasteiger partial charge is 0.484 e. The van der Waals surface area contributed by atoms with E-state index in [1.807, 2.05) is 12.3 Å². The summed E-state index contributed by atoms with van der Waals surface area (Å²) in [6.07, 6.45) is 0.488. The van der Waals surface area contributed by atoms with Crippen molar-refractivity contribution in [2.24, 2.45) is 5.73 Å². The molecule has 0 fully saturated rings. The van der Waals surface area contributed by atoms with Crippen molar-refractivity contribution in [3.05, 3.63) is 45.7 Å². The smallest absolute Gasteiger partial charge is 0.143 e. The average molecular weight is 264 g/mol. The van der Waals surface area contributed by atoms with Crippen molar-refractivity contribution < 1.29 is 9.13 Å². The van der Waals surface area contributed by atoms with E-state index in [-0.39, 0.29) is 18.0 Å². The van der Waals surface area contributed by atoms with Crippen LogP contribution in [0.4, 0.5) is 4.39 Å². The van der Waals surface area contributed by atoms with Gasteiger partial charge >= 0.3 is 0 Å². The van der Waals surface area contributed by atoms with Crippen LogP contribution < -0.4 is 10.5 Å². The van der Waals surface area contributed by atoms with Crippen LogP contribution in [-0.2, 0) is 0 Å². The molecule has 0 radical (unpaired) electrons. The number of ether oxygens (including phenoxy) is 1. The second-order valence-corrected chi connectivity index (χ2v) is 5.48. The molecule has 2 atom stereocenters. The highest BCUT2D eigenvalue weighted by molar-refractivity contribution is 7.09. The number of hydrogen-bond donors (Lipinski definition) is 1. The van der Waals surface area contributed by atoms with Crippen molar-refractivity contribution in [1.82, 2.24) is 4.98 Å². The summed E-state index contributed by atoms with van der Waals surface area (Å²) in [7, 11) is 0. The molecule has 1 aromatic carbocycles. The first-order valence-electron chi connectivity index (χ1n) is 5.77. The maximum absolute atomic E-state index is 13.2. The minimum absolute atomic E-state index is 0.136. The minimum Gasteiger partial charge on any atom is -0.484 e. The van der Waals surface area contributed by atoms with Gasteiger partial charge in [-0.2, -0.15) is 0 Å². The molecule has 0 aliphatic carbocycles. The molecule has 0 spiro atoms. The first-order chi connectivity index (χ1) is 8.63. The van der Waals surface area contributed by atoms with E-state index in [1.165, 1.54) is 12.1 Å². The minimum atomic E-state index is -0.282. The molecule has 2 heterocycles. The van der Waals surface area contributed by atoms with Crippen molar-refractivity contribution in [3.8, 4) is 5.75 Å². The summed E-state index contributed by atoms with van der Waals surface area (Å²) in [5.41, 5.74) is 7.72. The highest BCUT2D eigenvalue weighted by Gasteiger charge is 2.28. The number of nitrogens with zero attached hydrogens (tertiary/aromatic N) is 1. The van der Waals surface area contributed by atoms with Crippen LogP contribution in [0.2, 0.25) is 0 Å². The molecule has 2 aromatic rings. The first-order valence-corrected chi connectivity index (χ1v) is 6.65. The predicted octanol–water partition coefficient (Wildman–Crippen LogP) is 3.11. The number of nitrogens with two attached hydrogens (primary N) is 1. The van der Waals surface area contributed by atoms with Crippen LogP contribution in [0, 0.1) is 12.7 Å². The second kappa shape index (κ2) is 4.33. The molecule has 3 nitrogen and oxygen atoms in total. The molecule has 2 unspecified atom stereocenters. The highest BCUT2D eigenvalue weighted by Crippen LogP contribution is 2.39. The lowest BCUT2D eigenvalue weighted by atomic mass is 9.96. The van der Waals surface area contributed by atoms with E-state index in [0.717, 1.165) is 16.3 Å². The van der Waals surface area contributed by atoms with E-state index in [0.29, 0.717) is 12.2 Å². The van der Waals surface area contributed by atoms with E-state index in [2.05, 4.69) is 4.98 Å². The molecule has 1 aromatic heterocycles. The number of aryl methyl sites for hydroxylation is 1. The second-order valence-electron chi connectivity index (χ2n) is 4.42. The third-order valence-corrected chi connectivity index (χ3v) is 3.87. The van der Waals surface area contributed by atoms with Crippen molar-refractivity contribution in [3.63, 3.8) is 0 Å². The monoisotopic (exact) mass is 264 g/mol. The van der Waals surface area contributed by atoms with Gasteiger partial charge in [-0.05, 0) is 25.1 Å². The van der Waals surface area contributed by atoms with Crippen LogP contribution in [-0.4, -0.2) is 4.98 Å². The fourth-order valence-corrected chi connectivity index (χ4v) is 2.84. The lowest BCUT2D eigenvalue weighted by molar-refractivity contribution is 0.157. The van der Waals surface area contributed by atoms with Crippen LogP contribution in [0.1, 0.15) is 34.8 Å². The van der Waals surface area contributed by atoms with Gasteiger partial charge < -0.3 is 10.5 Å². The predicted molar refractivity (Wildman–Crippen MR) is 68.2 cm³/mol. The standard InChI is InChI=1S/C13H13FN2OS/c1-7-16-11(6-18-7)13-5-10(15)9-4-8(14)2-3-12(9)17-13/h2-4,6,10,13H,5,15H2,1H3. The molecular weight excluding hydrogens is 251 g/mol. The summed E-state index contributed by atoms with van der Waals surface area (Å²) >= 11 is 1.59. The van der Waals surface area contributed by atoms with Crippen molar-refractivity contribution in [2.75, 3.05) is 0 Å². The summed E-state index contributed by atoms with van der Waals surface area (Å²) in [4.78, 5) is 4.42. The maximum atomic E-state index is 13.2. The fourth-order valence-electron chi connectivity index (χ4n) is 2.18. The van der Waals surface area contributed by atoms with Crippen molar-refractivity contribution in [1.29, 1.82) is 0 Å². The van der Waals surface area contributed by atoms with Gasteiger partial charge in [-0.3, -0.25) is 0 Å². The van der Waals surface area contributed by atoms with Crippen LogP contribution in [0.25, 0.3) is 0 Å². The SMILES string of the molecule is Cc1nc(C2CC(N)c3cc(F)ccc3O2)cs1. The molecule has 0 saturated carbocycles. The normalized spacial score (nSPS) is 22.4. The number of benzene rings is 1. The quantitative estimate of drug-likeness (QED) is 0.861. The summed E-state index contributed by atoms with van der Waals surface area (Å²) in [5.74, 6) is 0.376. The summed E-state index contributed by atoms with van der Waals surface area (Å²) in [5, 5.41) is 2.99.